The van der Waals surface area contributed by atoms with Crippen LogP contribution in [0.2, 0.25) is 5.02 Å². The van der Waals surface area contributed by atoms with Gasteiger partial charge in [-0.05, 0) is 43.0 Å². The van der Waals surface area contributed by atoms with Gasteiger partial charge in [-0.25, -0.2) is 13.4 Å². The summed E-state index contributed by atoms with van der Waals surface area (Å²) in [5.41, 5.74) is 4.77. The first-order valence-corrected chi connectivity index (χ1v) is 17.2. The van der Waals surface area contributed by atoms with E-state index < -0.39 is 10.0 Å². The van der Waals surface area contributed by atoms with E-state index in [1.165, 1.54) is 6.20 Å². The molecule has 3 aromatic rings. The molecule has 0 bridgehead atoms. The van der Waals surface area contributed by atoms with Crippen LogP contribution in [0.3, 0.4) is 0 Å². The third-order valence-electron chi connectivity index (χ3n) is 8.36. The number of nitrogens with zero attached hydrogens (tertiary/aromatic N) is 4. The van der Waals surface area contributed by atoms with Crippen LogP contribution in [0.25, 0.3) is 0 Å². The summed E-state index contributed by atoms with van der Waals surface area (Å²) >= 11 is 6.48. The molecule has 0 aliphatic carbocycles. The van der Waals surface area contributed by atoms with Gasteiger partial charge in [0.15, 0.2) is 5.82 Å². The molecule has 0 atom stereocenters. The molecule has 3 aliphatic heterocycles. The maximum absolute atomic E-state index is 12.1. The number of anilines is 6. The smallest absolute Gasteiger partial charge is 0.229 e. The van der Waals surface area contributed by atoms with Crippen LogP contribution in [-0.2, 0) is 16.4 Å². The Labute approximate surface area is 263 Å². The van der Waals surface area contributed by atoms with Crippen molar-refractivity contribution in [2.75, 3.05) is 79.5 Å². The molecule has 4 N–H and O–H groups in total. The Bertz CT molecular complexity index is 1630. The normalized spacial score (nSPS) is 17.6. The number of aromatic nitrogens is 2. The van der Waals surface area contributed by atoms with E-state index in [-0.39, 0.29) is 5.02 Å². The Hall–Kier alpha value is -3.52. The molecule has 236 valence electrons. The number of hydrogen-bond donors (Lipinski definition) is 4. The van der Waals surface area contributed by atoms with Gasteiger partial charge in [0, 0.05) is 69.6 Å². The van der Waals surface area contributed by atoms with E-state index in [0.29, 0.717) is 53.7 Å². The summed E-state index contributed by atoms with van der Waals surface area (Å²) in [5.74, 6) is 1.97. The predicted octanol–water partition coefficient (Wildman–Crippen LogP) is 4.11. The fraction of sp³-hybridized carbons (Fsp3) is 0.467. The summed E-state index contributed by atoms with van der Waals surface area (Å²) in [6.07, 6.45) is 5.59. The summed E-state index contributed by atoms with van der Waals surface area (Å²) in [4.78, 5) is 14.1. The van der Waals surface area contributed by atoms with Crippen LogP contribution in [0.1, 0.15) is 24.0 Å². The van der Waals surface area contributed by atoms with Gasteiger partial charge in [-0.2, -0.15) is 4.98 Å². The van der Waals surface area contributed by atoms with Crippen LogP contribution in [0.15, 0.2) is 30.5 Å². The highest BCUT2D eigenvalue weighted by Crippen LogP contribution is 2.39. The minimum absolute atomic E-state index is 0.269. The lowest BCUT2D eigenvalue weighted by Crippen LogP contribution is -2.52. The zero-order valence-electron chi connectivity index (χ0n) is 25.2. The van der Waals surface area contributed by atoms with Crippen molar-refractivity contribution in [3.05, 3.63) is 46.6 Å². The monoisotopic (exact) mass is 642 g/mol. The van der Waals surface area contributed by atoms with Crippen molar-refractivity contribution in [3.63, 3.8) is 0 Å². The second-order valence-electron chi connectivity index (χ2n) is 11.5. The summed E-state index contributed by atoms with van der Waals surface area (Å²) in [6, 6.07) is 8.28. The van der Waals surface area contributed by atoms with E-state index in [2.05, 4.69) is 53.4 Å². The first-order chi connectivity index (χ1) is 21.2. The van der Waals surface area contributed by atoms with Crippen molar-refractivity contribution in [3.8, 4) is 11.5 Å². The molecule has 0 radical (unpaired) electrons. The molecule has 12 nitrogen and oxygen atoms in total. The Kier molecular flexibility index (Phi) is 8.90. The number of benzene rings is 2. The average molecular weight is 643 g/mol. The molecule has 0 spiro atoms. The van der Waals surface area contributed by atoms with Gasteiger partial charge in [-0.15, -0.1) is 0 Å². The Morgan fingerprint density at radius 2 is 1.82 bits per heavy atom. The van der Waals surface area contributed by atoms with Crippen molar-refractivity contribution in [1.29, 1.82) is 0 Å². The number of aryl methyl sites for hydroxylation is 1. The molecule has 2 saturated heterocycles. The van der Waals surface area contributed by atoms with Gasteiger partial charge in [0.05, 0.1) is 43.2 Å². The molecule has 2 aromatic carbocycles. The highest BCUT2D eigenvalue weighted by Gasteiger charge is 2.27. The lowest BCUT2D eigenvalue weighted by Gasteiger charge is -2.41. The second-order valence-corrected chi connectivity index (χ2v) is 13.6. The van der Waals surface area contributed by atoms with Crippen LogP contribution in [0, 0.1) is 6.92 Å². The van der Waals surface area contributed by atoms with Crippen LogP contribution in [0.5, 0.6) is 11.5 Å². The van der Waals surface area contributed by atoms with E-state index in [1.54, 1.807) is 19.2 Å². The van der Waals surface area contributed by atoms with Crippen molar-refractivity contribution < 1.29 is 17.9 Å². The maximum atomic E-state index is 12.1. The number of nitrogens with one attached hydrogen (secondary N) is 4. The fourth-order valence-corrected chi connectivity index (χ4v) is 6.89. The van der Waals surface area contributed by atoms with E-state index >= 15 is 0 Å². The van der Waals surface area contributed by atoms with E-state index in [4.69, 9.17) is 21.1 Å². The van der Waals surface area contributed by atoms with Crippen LogP contribution >= 0.6 is 11.6 Å². The van der Waals surface area contributed by atoms with E-state index in [0.717, 1.165) is 80.9 Å². The number of sulfonamides is 1. The van der Waals surface area contributed by atoms with Crippen molar-refractivity contribution in [2.24, 2.45) is 0 Å². The van der Waals surface area contributed by atoms with Crippen LogP contribution in [0.4, 0.5) is 34.5 Å². The molecule has 2 fully saturated rings. The summed E-state index contributed by atoms with van der Waals surface area (Å²) in [5, 5.41) is 10.2. The molecule has 14 heteroatoms. The minimum Gasteiger partial charge on any atom is -0.494 e. The average Bonchev–Trinajstić information content (AvgIpc) is 3.46. The number of ether oxygens (including phenoxy) is 2. The fourth-order valence-electron chi connectivity index (χ4n) is 6.18. The quantitative estimate of drug-likeness (QED) is 0.269. The number of fused-ring (bicyclic) bond motifs is 1. The highest BCUT2D eigenvalue weighted by molar-refractivity contribution is 7.92. The molecule has 1 aromatic heterocycles. The Balaban J connectivity index is 1.20. The molecular formula is C30H39ClN8O4S. The first-order valence-electron chi connectivity index (χ1n) is 14.9. The van der Waals surface area contributed by atoms with Gasteiger partial charge in [-0.3, -0.25) is 9.62 Å². The zero-order chi connectivity index (χ0) is 30.8. The van der Waals surface area contributed by atoms with Crippen LogP contribution < -0.4 is 35.0 Å². The lowest BCUT2D eigenvalue weighted by atomic mass is 10.0. The third-order valence-corrected chi connectivity index (χ3v) is 9.23. The molecular weight excluding hydrogens is 604 g/mol. The molecule has 3 aliphatic rings. The number of halogens is 1. The van der Waals surface area contributed by atoms with Gasteiger partial charge in [0.25, 0.3) is 0 Å². The van der Waals surface area contributed by atoms with Crippen molar-refractivity contribution in [1.82, 2.24) is 20.2 Å². The molecule has 0 saturated carbocycles. The summed E-state index contributed by atoms with van der Waals surface area (Å²) in [7, 11) is -1.88. The predicted molar refractivity (Wildman–Crippen MR) is 175 cm³/mol. The largest absolute Gasteiger partial charge is 0.494 e. The molecule has 0 unspecified atom stereocenters. The number of piperazine rings is 1. The van der Waals surface area contributed by atoms with Gasteiger partial charge in [0.2, 0.25) is 16.0 Å². The Morgan fingerprint density at radius 3 is 2.55 bits per heavy atom. The maximum Gasteiger partial charge on any atom is 0.229 e. The molecule has 44 heavy (non-hydrogen) atoms. The number of hydrogen-bond acceptors (Lipinski definition) is 11. The number of rotatable bonds is 9. The Morgan fingerprint density at radius 1 is 1.05 bits per heavy atom. The van der Waals surface area contributed by atoms with Gasteiger partial charge in [-0.1, -0.05) is 11.6 Å². The first kappa shape index (κ1) is 30.5. The van der Waals surface area contributed by atoms with Crippen LogP contribution in [-0.4, -0.2) is 88.6 Å². The third kappa shape index (κ3) is 6.90. The number of methoxy groups -OCH3 is 1. The standard InChI is InChI=1S/C30H39ClN8O4S/c1-19-14-25(28(42-2)17-26(19)39-9-4-21(5-10-39)38-11-7-32-8-12-38)35-30-33-18-22(31)29(36-30)34-23-16-27-20(6-13-43-27)15-24(23)37-44(3,40)41/h14-18,21,32,37H,4-13H2,1-3H3,(H2,33,34,35,36). The van der Waals surface area contributed by atoms with Crippen molar-refractivity contribution >= 4 is 56.1 Å². The SMILES string of the molecule is COc1cc(N2CCC(N3CCNCC3)CC2)c(C)cc1Nc1ncc(Cl)c(Nc2cc3c(cc2NS(C)(=O)=O)CCO3)n1. The van der Waals surface area contributed by atoms with Gasteiger partial charge >= 0.3 is 0 Å². The summed E-state index contributed by atoms with van der Waals surface area (Å²) < 4.78 is 38.2. The second kappa shape index (κ2) is 12.8. The topological polar surface area (TPSA) is 133 Å². The highest BCUT2D eigenvalue weighted by atomic mass is 35.5. The molecule has 4 heterocycles. The molecule has 6 rings (SSSR count). The lowest BCUT2D eigenvalue weighted by molar-refractivity contribution is 0.150. The zero-order valence-corrected chi connectivity index (χ0v) is 26.8. The van der Waals surface area contributed by atoms with Crippen molar-refractivity contribution in [2.45, 2.75) is 32.2 Å². The number of piperidine rings is 1. The molecule has 0 amide bonds. The van der Waals surface area contributed by atoms with Gasteiger partial charge < -0.3 is 30.3 Å². The van der Waals surface area contributed by atoms with Gasteiger partial charge in [0.1, 0.15) is 16.5 Å². The van der Waals surface area contributed by atoms with E-state index in [9.17, 15) is 8.42 Å². The van der Waals surface area contributed by atoms with E-state index in [1.807, 2.05) is 6.07 Å². The summed E-state index contributed by atoms with van der Waals surface area (Å²) in [6.45, 7) is 9.05. The minimum atomic E-state index is -3.53.